The molecule has 0 fully saturated rings. The van der Waals surface area contributed by atoms with Crippen molar-refractivity contribution in [2.45, 2.75) is 59.7 Å². The van der Waals surface area contributed by atoms with E-state index in [2.05, 4.69) is 74.3 Å². The van der Waals surface area contributed by atoms with Crippen LogP contribution in [0, 0.1) is 0 Å². The van der Waals surface area contributed by atoms with Gasteiger partial charge in [0.25, 0.3) is 0 Å². The standard InChI is InChI=1S/C17H28N4/c1-13(2)20-18-11-16-7-9-17(10-8-16)12-19-21(14(3)4)15(5)6/h7-15,20H,1-6H3/b18-11+,19-12+. The number of nitrogens with zero attached hydrogens (tertiary/aromatic N) is 3. The fourth-order valence-electron chi connectivity index (χ4n) is 1.93. The minimum absolute atomic E-state index is 0.353. The van der Waals surface area contributed by atoms with E-state index in [0.717, 1.165) is 11.1 Å². The highest BCUT2D eigenvalue weighted by Gasteiger charge is 2.08. The molecule has 1 aromatic rings. The molecule has 0 aromatic heterocycles. The first-order chi connectivity index (χ1) is 9.90. The van der Waals surface area contributed by atoms with Crippen LogP contribution in [0.5, 0.6) is 0 Å². The van der Waals surface area contributed by atoms with E-state index < -0.39 is 0 Å². The monoisotopic (exact) mass is 288 g/mol. The van der Waals surface area contributed by atoms with Gasteiger partial charge in [-0.15, -0.1) is 0 Å². The summed E-state index contributed by atoms with van der Waals surface area (Å²) < 4.78 is 0. The zero-order valence-corrected chi connectivity index (χ0v) is 14.0. The minimum Gasteiger partial charge on any atom is -0.308 e. The van der Waals surface area contributed by atoms with Crippen LogP contribution < -0.4 is 5.43 Å². The third-order valence-electron chi connectivity index (χ3n) is 2.88. The second-order valence-corrected chi connectivity index (χ2v) is 6.02. The fraction of sp³-hybridized carbons (Fsp3) is 0.529. The fourth-order valence-corrected chi connectivity index (χ4v) is 1.93. The van der Waals surface area contributed by atoms with Crippen molar-refractivity contribution in [1.82, 2.24) is 10.4 Å². The van der Waals surface area contributed by atoms with Crippen molar-refractivity contribution >= 4 is 12.4 Å². The molecule has 0 unspecified atom stereocenters. The van der Waals surface area contributed by atoms with Crippen molar-refractivity contribution in [2.24, 2.45) is 10.2 Å². The van der Waals surface area contributed by atoms with Crippen LogP contribution in [0.3, 0.4) is 0 Å². The Morgan fingerprint density at radius 1 is 0.857 bits per heavy atom. The van der Waals surface area contributed by atoms with E-state index in [9.17, 15) is 0 Å². The molecule has 0 saturated heterocycles. The lowest BCUT2D eigenvalue weighted by Crippen LogP contribution is -2.32. The van der Waals surface area contributed by atoms with Crippen LogP contribution in [0.25, 0.3) is 0 Å². The Morgan fingerprint density at radius 2 is 1.33 bits per heavy atom. The molecule has 0 saturated carbocycles. The molecule has 0 aliphatic rings. The third kappa shape index (κ3) is 6.43. The van der Waals surface area contributed by atoms with Crippen LogP contribution in [0.2, 0.25) is 0 Å². The highest BCUT2D eigenvalue weighted by atomic mass is 15.5. The van der Waals surface area contributed by atoms with Gasteiger partial charge in [0.05, 0.1) is 12.4 Å². The first-order valence-corrected chi connectivity index (χ1v) is 7.61. The lowest BCUT2D eigenvalue weighted by Gasteiger charge is -2.27. The second-order valence-electron chi connectivity index (χ2n) is 6.02. The van der Waals surface area contributed by atoms with E-state index in [1.807, 2.05) is 24.6 Å². The summed E-state index contributed by atoms with van der Waals surface area (Å²) in [6.07, 6.45) is 3.74. The molecule has 116 valence electrons. The van der Waals surface area contributed by atoms with E-state index in [1.54, 1.807) is 0 Å². The molecule has 0 bridgehead atoms. The molecule has 0 radical (unpaired) electrons. The summed E-state index contributed by atoms with van der Waals surface area (Å²) >= 11 is 0. The van der Waals surface area contributed by atoms with Crippen LogP contribution in [0.1, 0.15) is 52.7 Å². The van der Waals surface area contributed by atoms with Crippen molar-refractivity contribution in [3.8, 4) is 0 Å². The average Bonchev–Trinajstić information content (AvgIpc) is 2.39. The van der Waals surface area contributed by atoms with Gasteiger partial charge < -0.3 is 5.43 Å². The molecule has 0 amide bonds. The van der Waals surface area contributed by atoms with E-state index in [-0.39, 0.29) is 0 Å². The number of benzene rings is 1. The van der Waals surface area contributed by atoms with Crippen LogP contribution in [0.4, 0.5) is 0 Å². The first-order valence-electron chi connectivity index (χ1n) is 7.61. The number of hydrogen-bond acceptors (Lipinski definition) is 4. The van der Waals surface area contributed by atoms with Crippen LogP contribution in [-0.4, -0.2) is 35.6 Å². The quantitative estimate of drug-likeness (QED) is 0.616. The Hall–Kier alpha value is -1.84. The molecule has 0 spiro atoms. The third-order valence-corrected chi connectivity index (χ3v) is 2.88. The van der Waals surface area contributed by atoms with Gasteiger partial charge in [0, 0.05) is 18.1 Å². The van der Waals surface area contributed by atoms with E-state index in [1.165, 1.54) is 0 Å². The highest BCUT2D eigenvalue weighted by molar-refractivity contribution is 5.83. The Bertz CT molecular complexity index is 450. The second kappa shape index (κ2) is 8.45. The minimum atomic E-state index is 0.353. The number of nitrogens with one attached hydrogen (secondary N) is 1. The molecule has 4 heteroatoms. The normalized spacial score (nSPS) is 12.2. The molecule has 1 rings (SSSR count). The summed E-state index contributed by atoms with van der Waals surface area (Å²) in [6.45, 7) is 12.7. The van der Waals surface area contributed by atoms with Crippen molar-refractivity contribution in [2.75, 3.05) is 0 Å². The van der Waals surface area contributed by atoms with Crippen LogP contribution >= 0.6 is 0 Å². The van der Waals surface area contributed by atoms with Gasteiger partial charge in [-0.05, 0) is 52.7 Å². The molecule has 0 heterocycles. The van der Waals surface area contributed by atoms with Crippen LogP contribution in [-0.2, 0) is 0 Å². The Kier molecular flexibility index (Phi) is 6.92. The molecule has 1 N–H and O–H groups in total. The molecule has 0 aliphatic carbocycles. The highest BCUT2D eigenvalue weighted by Crippen LogP contribution is 2.06. The molecule has 1 aromatic carbocycles. The summed E-state index contributed by atoms with van der Waals surface area (Å²) in [5.41, 5.74) is 5.18. The summed E-state index contributed by atoms with van der Waals surface area (Å²) in [6, 6.07) is 9.34. The number of hydrazone groups is 2. The van der Waals surface area contributed by atoms with Gasteiger partial charge in [-0.2, -0.15) is 10.2 Å². The molecule has 4 nitrogen and oxygen atoms in total. The van der Waals surface area contributed by atoms with Gasteiger partial charge in [-0.3, -0.25) is 5.01 Å². The SMILES string of the molecule is CC(C)N/N=C/c1ccc(/C=N/N(C(C)C)C(C)C)cc1. The lowest BCUT2D eigenvalue weighted by atomic mass is 10.2. The maximum Gasteiger partial charge on any atom is 0.0543 e. The van der Waals surface area contributed by atoms with E-state index in [0.29, 0.717) is 18.1 Å². The predicted molar refractivity (Wildman–Crippen MR) is 92.0 cm³/mol. The van der Waals surface area contributed by atoms with Crippen molar-refractivity contribution in [1.29, 1.82) is 0 Å². The molecular weight excluding hydrogens is 260 g/mol. The van der Waals surface area contributed by atoms with Gasteiger partial charge in [-0.25, -0.2) is 0 Å². The van der Waals surface area contributed by atoms with Gasteiger partial charge >= 0.3 is 0 Å². The van der Waals surface area contributed by atoms with E-state index >= 15 is 0 Å². The Balaban J connectivity index is 2.67. The average molecular weight is 288 g/mol. The molecule has 0 atom stereocenters. The van der Waals surface area contributed by atoms with Crippen molar-refractivity contribution in [3.63, 3.8) is 0 Å². The Morgan fingerprint density at radius 3 is 1.76 bits per heavy atom. The summed E-state index contributed by atoms with van der Waals surface area (Å²) in [5, 5.41) is 10.8. The smallest absolute Gasteiger partial charge is 0.0543 e. The summed E-state index contributed by atoms with van der Waals surface area (Å²) in [4.78, 5) is 0. The first kappa shape index (κ1) is 17.2. The molecule has 0 aliphatic heterocycles. The Labute approximate surface area is 128 Å². The van der Waals surface area contributed by atoms with Crippen molar-refractivity contribution < 1.29 is 0 Å². The van der Waals surface area contributed by atoms with Crippen molar-refractivity contribution in [3.05, 3.63) is 35.4 Å². The van der Waals surface area contributed by atoms with Crippen LogP contribution in [0.15, 0.2) is 34.5 Å². The van der Waals surface area contributed by atoms with Gasteiger partial charge in [0.15, 0.2) is 0 Å². The summed E-state index contributed by atoms with van der Waals surface area (Å²) in [5.74, 6) is 0. The number of rotatable bonds is 7. The maximum atomic E-state index is 4.57. The summed E-state index contributed by atoms with van der Waals surface area (Å²) in [7, 11) is 0. The van der Waals surface area contributed by atoms with Gasteiger partial charge in [-0.1, -0.05) is 24.3 Å². The molecular formula is C17H28N4. The largest absolute Gasteiger partial charge is 0.308 e. The van der Waals surface area contributed by atoms with Gasteiger partial charge in [0.1, 0.15) is 0 Å². The lowest BCUT2D eigenvalue weighted by molar-refractivity contribution is 0.185. The maximum absolute atomic E-state index is 4.57. The number of hydrogen-bond donors (Lipinski definition) is 1. The van der Waals surface area contributed by atoms with Gasteiger partial charge in [0.2, 0.25) is 0 Å². The zero-order chi connectivity index (χ0) is 15.8. The molecule has 21 heavy (non-hydrogen) atoms. The zero-order valence-electron chi connectivity index (χ0n) is 14.0. The topological polar surface area (TPSA) is 40.0 Å². The predicted octanol–water partition coefficient (Wildman–Crippen LogP) is 3.47. The van der Waals surface area contributed by atoms with E-state index in [4.69, 9.17) is 0 Å².